The van der Waals surface area contributed by atoms with Gasteiger partial charge in [0.2, 0.25) is 5.82 Å². The van der Waals surface area contributed by atoms with Crippen LogP contribution in [0.2, 0.25) is 5.02 Å². The molecule has 0 saturated heterocycles. The van der Waals surface area contributed by atoms with Gasteiger partial charge in [0.1, 0.15) is 5.75 Å². The number of benzene rings is 1. The minimum atomic E-state index is -0.944. The second kappa shape index (κ2) is 5.65. The van der Waals surface area contributed by atoms with Gasteiger partial charge in [0.05, 0.1) is 16.6 Å². The van der Waals surface area contributed by atoms with Gasteiger partial charge in [-0.25, -0.2) is 0 Å². The summed E-state index contributed by atoms with van der Waals surface area (Å²) in [5, 5.41) is 10.5. The van der Waals surface area contributed by atoms with Crippen LogP contribution in [0.15, 0.2) is 12.1 Å². The molecule has 1 rings (SSSR count). The Morgan fingerprint density at radius 2 is 2.25 bits per heavy atom. The first kappa shape index (κ1) is 12.7. The van der Waals surface area contributed by atoms with E-state index < -0.39 is 16.4 Å². The summed E-state index contributed by atoms with van der Waals surface area (Å²) < 4.78 is 18.4. The Morgan fingerprint density at radius 1 is 1.56 bits per heavy atom. The van der Waals surface area contributed by atoms with Crippen molar-refractivity contribution in [1.29, 1.82) is 0 Å². The van der Waals surface area contributed by atoms with Crippen molar-refractivity contribution in [2.45, 2.75) is 19.8 Å². The zero-order chi connectivity index (χ0) is 12.1. The van der Waals surface area contributed by atoms with Crippen molar-refractivity contribution in [2.75, 3.05) is 6.61 Å². The Bertz CT molecular complexity index is 398. The molecule has 1 aromatic carbocycles. The van der Waals surface area contributed by atoms with Gasteiger partial charge >= 0.3 is 5.69 Å². The molecule has 0 spiro atoms. The molecule has 0 heterocycles. The Hall–Kier alpha value is -1.36. The molecule has 0 aromatic heterocycles. The van der Waals surface area contributed by atoms with Crippen molar-refractivity contribution in [1.82, 2.24) is 0 Å². The Morgan fingerprint density at radius 3 is 2.81 bits per heavy atom. The smallest absolute Gasteiger partial charge is 0.306 e. The zero-order valence-corrected chi connectivity index (χ0v) is 9.46. The number of halogens is 2. The highest BCUT2D eigenvalue weighted by molar-refractivity contribution is 6.32. The van der Waals surface area contributed by atoms with E-state index in [9.17, 15) is 14.5 Å². The topological polar surface area (TPSA) is 52.4 Å². The summed E-state index contributed by atoms with van der Waals surface area (Å²) in [5.74, 6) is -0.806. The van der Waals surface area contributed by atoms with Crippen LogP contribution >= 0.6 is 11.6 Å². The maximum Gasteiger partial charge on any atom is 0.306 e. The molecule has 0 aliphatic carbocycles. The molecule has 0 bridgehead atoms. The normalized spacial score (nSPS) is 10.2. The maximum atomic E-state index is 13.2. The van der Waals surface area contributed by atoms with E-state index in [4.69, 9.17) is 16.3 Å². The van der Waals surface area contributed by atoms with Crippen molar-refractivity contribution in [3.63, 3.8) is 0 Å². The number of nitro benzene ring substituents is 1. The highest BCUT2D eigenvalue weighted by Crippen LogP contribution is 2.31. The maximum absolute atomic E-state index is 13.2. The van der Waals surface area contributed by atoms with Gasteiger partial charge in [-0.15, -0.1) is 0 Å². The molecule has 0 fully saturated rings. The van der Waals surface area contributed by atoms with E-state index in [1.54, 1.807) is 0 Å². The van der Waals surface area contributed by atoms with E-state index in [0.29, 0.717) is 6.61 Å². The van der Waals surface area contributed by atoms with Crippen molar-refractivity contribution >= 4 is 17.3 Å². The Balaban J connectivity index is 2.88. The first-order valence-electron chi connectivity index (χ1n) is 4.82. The highest BCUT2D eigenvalue weighted by atomic mass is 35.5. The predicted molar refractivity (Wildman–Crippen MR) is 58.5 cm³/mol. The Kier molecular flexibility index (Phi) is 4.49. The van der Waals surface area contributed by atoms with E-state index >= 15 is 0 Å². The van der Waals surface area contributed by atoms with Crippen molar-refractivity contribution in [3.05, 3.63) is 33.1 Å². The van der Waals surface area contributed by atoms with Gasteiger partial charge < -0.3 is 4.74 Å². The lowest BCUT2D eigenvalue weighted by molar-refractivity contribution is -0.387. The molecule has 4 nitrogen and oxygen atoms in total. The second-order valence-corrected chi connectivity index (χ2v) is 3.60. The summed E-state index contributed by atoms with van der Waals surface area (Å²) in [5.41, 5.74) is -0.646. The van der Waals surface area contributed by atoms with Gasteiger partial charge in [0, 0.05) is 12.1 Å². The van der Waals surface area contributed by atoms with Crippen molar-refractivity contribution in [3.8, 4) is 5.75 Å². The molecular formula is C10H11ClFNO3. The summed E-state index contributed by atoms with van der Waals surface area (Å²) in [6, 6.07) is 1.90. The second-order valence-electron chi connectivity index (χ2n) is 3.19. The molecule has 0 saturated carbocycles. The van der Waals surface area contributed by atoms with Crippen LogP contribution < -0.4 is 4.74 Å². The molecule has 1 aromatic rings. The fraction of sp³-hybridized carbons (Fsp3) is 0.400. The molecule has 0 atom stereocenters. The molecule has 0 amide bonds. The number of nitro groups is 1. The van der Waals surface area contributed by atoms with Gasteiger partial charge in [-0.05, 0) is 6.42 Å². The standard InChI is InChI=1S/C10H11ClFNO3/c1-2-3-4-16-10-6-8(12)9(13(14)15)5-7(10)11/h5-6H,2-4H2,1H3. The molecule has 0 radical (unpaired) electrons. The van der Waals surface area contributed by atoms with Crippen LogP contribution in [0, 0.1) is 15.9 Å². The third kappa shape index (κ3) is 3.06. The molecule has 0 N–H and O–H groups in total. The average molecular weight is 248 g/mol. The molecular weight excluding hydrogens is 237 g/mol. The van der Waals surface area contributed by atoms with E-state index in [1.807, 2.05) is 6.92 Å². The van der Waals surface area contributed by atoms with E-state index in [-0.39, 0.29) is 10.8 Å². The van der Waals surface area contributed by atoms with E-state index in [1.165, 1.54) is 0 Å². The van der Waals surface area contributed by atoms with E-state index in [0.717, 1.165) is 25.0 Å². The van der Waals surface area contributed by atoms with Crippen LogP contribution in [-0.4, -0.2) is 11.5 Å². The third-order valence-corrected chi connectivity index (χ3v) is 2.25. The minimum absolute atomic E-state index is 0.0456. The first-order chi connectivity index (χ1) is 7.56. The number of hydrogen-bond donors (Lipinski definition) is 0. The highest BCUT2D eigenvalue weighted by Gasteiger charge is 2.18. The lowest BCUT2D eigenvalue weighted by Gasteiger charge is -2.07. The molecule has 6 heteroatoms. The minimum Gasteiger partial charge on any atom is -0.492 e. The zero-order valence-electron chi connectivity index (χ0n) is 8.70. The number of rotatable bonds is 5. The number of hydrogen-bond acceptors (Lipinski definition) is 3. The number of ether oxygens (including phenoxy) is 1. The van der Waals surface area contributed by atoms with Crippen LogP contribution in [0.1, 0.15) is 19.8 Å². The predicted octanol–water partition coefficient (Wildman–Crippen LogP) is 3.57. The van der Waals surface area contributed by atoms with Gasteiger partial charge in [-0.3, -0.25) is 10.1 Å². The lowest BCUT2D eigenvalue weighted by atomic mass is 10.3. The van der Waals surface area contributed by atoms with Crippen molar-refractivity contribution in [2.24, 2.45) is 0 Å². The largest absolute Gasteiger partial charge is 0.492 e. The molecule has 0 aliphatic heterocycles. The lowest BCUT2D eigenvalue weighted by Crippen LogP contribution is -1.99. The summed E-state index contributed by atoms with van der Waals surface area (Å²) >= 11 is 5.73. The van der Waals surface area contributed by atoms with Crippen LogP contribution in [0.4, 0.5) is 10.1 Å². The first-order valence-corrected chi connectivity index (χ1v) is 5.20. The summed E-state index contributed by atoms with van der Waals surface area (Å²) in [6.45, 7) is 2.40. The summed E-state index contributed by atoms with van der Waals surface area (Å²) in [6.07, 6.45) is 1.75. The number of unbranched alkanes of at least 4 members (excludes halogenated alkanes) is 1. The van der Waals surface area contributed by atoms with Gasteiger partial charge in [0.15, 0.2) is 0 Å². The molecule has 16 heavy (non-hydrogen) atoms. The fourth-order valence-corrected chi connectivity index (χ4v) is 1.31. The van der Waals surface area contributed by atoms with Crippen LogP contribution in [0.3, 0.4) is 0 Å². The third-order valence-electron chi connectivity index (χ3n) is 1.95. The summed E-state index contributed by atoms with van der Waals surface area (Å²) in [7, 11) is 0. The SMILES string of the molecule is CCCCOc1cc(F)c([N+](=O)[O-])cc1Cl. The van der Waals surface area contributed by atoms with Crippen LogP contribution in [0.5, 0.6) is 5.75 Å². The van der Waals surface area contributed by atoms with Gasteiger partial charge in [0.25, 0.3) is 0 Å². The quantitative estimate of drug-likeness (QED) is 0.454. The molecule has 0 aliphatic rings. The van der Waals surface area contributed by atoms with Crippen LogP contribution in [0.25, 0.3) is 0 Å². The average Bonchev–Trinajstić information content (AvgIpc) is 2.22. The van der Waals surface area contributed by atoms with Crippen LogP contribution in [-0.2, 0) is 0 Å². The number of nitrogens with zero attached hydrogens (tertiary/aromatic N) is 1. The fourth-order valence-electron chi connectivity index (χ4n) is 1.10. The monoisotopic (exact) mass is 247 g/mol. The van der Waals surface area contributed by atoms with Gasteiger partial charge in [-0.1, -0.05) is 24.9 Å². The Labute approximate surface area is 97.1 Å². The molecule has 0 unspecified atom stereocenters. The summed E-state index contributed by atoms with van der Waals surface area (Å²) in [4.78, 5) is 9.59. The van der Waals surface area contributed by atoms with Gasteiger partial charge in [-0.2, -0.15) is 4.39 Å². The molecule has 88 valence electrons. The van der Waals surface area contributed by atoms with E-state index in [2.05, 4.69) is 0 Å². The van der Waals surface area contributed by atoms with Crippen molar-refractivity contribution < 1.29 is 14.1 Å².